The van der Waals surface area contributed by atoms with Gasteiger partial charge in [-0.1, -0.05) is 0 Å². The molecular weight excluding hydrogens is 420 g/mol. The summed E-state index contributed by atoms with van der Waals surface area (Å²) < 4.78 is 7.03. The fourth-order valence-electron chi connectivity index (χ4n) is 3.97. The number of carbonyl (C=O) groups is 1. The van der Waals surface area contributed by atoms with Crippen LogP contribution in [-0.2, 0) is 4.74 Å². The van der Waals surface area contributed by atoms with Crippen molar-refractivity contribution in [3.05, 3.63) is 47.8 Å². The van der Waals surface area contributed by atoms with E-state index in [4.69, 9.17) is 10.00 Å². The Labute approximate surface area is 192 Å². The Bertz CT molecular complexity index is 1190. The lowest BCUT2D eigenvalue weighted by Crippen LogP contribution is -2.39. The largest absolute Gasteiger partial charge is 0.390 e. The molecule has 172 valence electrons. The normalized spacial score (nSPS) is 15.4. The number of nitrogens with zero attached hydrogens (tertiary/aromatic N) is 4. The molecule has 0 bridgehead atoms. The fraction of sp³-hybridized carbons (Fsp3) is 0.417. The lowest BCUT2D eigenvalue weighted by Gasteiger charge is -2.32. The molecule has 0 radical (unpaired) electrons. The minimum absolute atomic E-state index is 0.107. The van der Waals surface area contributed by atoms with E-state index in [-0.39, 0.29) is 11.9 Å². The van der Waals surface area contributed by atoms with E-state index in [9.17, 15) is 9.90 Å². The third-order valence-corrected chi connectivity index (χ3v) is 5.78. The zero-order chi connectivity index (χ0) is 23.4. The lowest BCUT2D eigenvalue weighted by molar-refractivity contribution is -0.0670. The van der Waals surface area contributed by atoms with Crippen molar-refractivity contribution in [1.29, 1.82) is 5.26 Å². The van der Waals surface area contributed by atoms with Gasteiger partial charge in [0.2, 0.25) is 0 Å². The Kier molecular flexibility index (Phi) is 6.58. The summed E-state index contributed by atoms with van der Waals surface area (Å²) in [5, 5.41) is 30.3. The predicted octanol–water partition coefficient (Wildman–Crippen LogP) is 2.75. The van der Waals surface area contributed by atoms with Crippen LogP contribution in [0.1, 0.15) is 49.0 Å². The van der Waals surface area contributed by atoms with Crippen molar-refractivity contribution < 1.29 is 14.6 Å². The van der Waals surface area contributed by atoms with Crippen LogP contribution >= 0.6 is 0 Å². The number of aliphatic hydroxyl groups is 1. The molecular formula is C24H28N6O3. The molecule has 4 rings (SSSR count). The first-order valence-electron chi connectivity index (χ1n) is 11.1. The third-order valence-electron chi connectivity index (χ3n) is 5.78. The van der Waals surface area contributed by atoms with Crippen LogP contribution in [0.4, 0.5) is 5.69 Å². The van der Waals surface area contributed by atoms with Crippen LogP contribution in [0.5, 0.6) is 0 Å². The number of hydrogen-bond donors (Lipinski definition) is 3. The van der Waals surface area contributed by atoms with Crippen molar-refractivity contribution in [1.82, 2.24) is 19.9 Å². The molecule has 0 aromatic carbocycles. The number of nitriles is 1. The van der Waals surface area contributed by atoms with Crippen LogP contribution in [0.15, 0.2) is 36.7 Å². The smallest absolute Gasteiger partial charge is 0.254 e. The van der Waals surface area contributed by atoms with Crippen LogP contribution in [-0.4, -0.2) is 57.0 Å². The summed E-state index contributed by atoms with van der Waals surface area (Å²) in [6.07, 6.45) is 4.70. The maximum absolute atomic E-state index is 12.9. The Balaban J connectivity index is 1.55. The van der Waals surface area contributed by atoms with E-state index in [1.807, 2.05) is 32.0 Å². The van der Waals surface area contributed by atoms with Crippen molar-refractivity contribution in [2.45, 2.75) is 44.8 Å². The van der Waals surface area contributed by atoms with E-state index in [1.165, 1.54) is 6.20 Å². The van der Waals surface area contributed by atoms with E-state index < -0.39 is 5.60 Å². The molecule has 0 atom stereocenters. The van der Waals surface area contributed by atoms with Crippen molar-refractivity contribution in [2.24, 2.45) is 0 Å². The Hall–Kier alpha value is -3.48. The van der Waals surface area contributed by atoms with Gasteiger partial charge in [0.25, 0.3) is 5.91 Å². The van der Waals surface area contributed by atoms with Gasteiger partial charge in [0.15, 0.2) is 0 Å². The second-order valence-electron chi connectivity index (χ2n) is 8.67. The molecule has 3 aromatic rings. The standard InChI is InChI=1S/C24H28N6O3/c1-16(2)29-20-12-21(22-4-3-18-11-17(13-25)14-28-30(18)22)27-15-19(20)23(31)26-8-5-24(32)6-9-33-10-7-24/h3-4,11-12,14-16,32H,5-10H2,1-2H3,(H,26,31)(H,27,29). The molecule has 1 aliphatic rings. The Morgan fingerprint density at radius 2 is 2.09 bits per heavy atom. The molecule has 3 N–H and O–H groups in total. The number of ether oxygens (including phenoxy) is 1. The van der Waals surface area contributed by atoms with E-state index in [2.05, 4.69) is 26.8 Å². The van der Waals surface area contributed by atoms with Gasteiger partial charge >= 0.3 is 0 Å². The number of anilines is 1. The van der Waals surface area contributed by atoms with Gasteiger partial charge in [-0.25, -0.2) is 4.52 Å². The van der Waals surface area contributed by atoms with Crippen LogP contribution in [0, 0.1) is 11.3 Å². The topological polar surface area (TPSA) is 125 Å². The highest BCUT2D eigenvalue weighted by molar-refractivity contribution is 6.00. The van der Waals surface area contributed by atoms with Crippen LogP contribution < -0.4 is 10.6 Å². The third kappa shape index (κ3) is 5.13. The Morgan fingerprint density at radius 3 is 2.82 bits per heavy atom. The molecule has 1 amide bonds. The zero-order valence-corrected chi connectivity index (χ0v) is 18.8. The molecule has 1 saturated heterocycles. The summed E-state index contributed by atoms with van der Waals surface area (Å²) in [6.45, 7) is 5.45. The molecule has 1 aliphatic heterocycles. The van der Waals surface area contributed by atoms with Gasteiger partial charge in [0, 0.05) is 32.0 Å². The van der Waals surface area contributed by atoms with Gasteiger partial charge in [-0.3, -0.25) is 9.78 Å². The van der Waals surface area contributed by atoms with Crippen LogP contribution in [0.3, 0.4) is 0 Å². The average Bonchev–Trinajstić information content (AvgIpc) is 3.22. The molecule has 0 saturated carbocycles. The van der Waals surface area contributed by atoms with Crippen molar-refractivity contribution in [2.75, 3.05) is 25.1 Å². The molecule has 9 nitrogen and oxygen atoms in total. The average molecular weight is 449 g/mol. The minimum Gasteiger partial charge on any atom is -0.390 e. The van der Waals surface area contributed by atoms with E-state index in [1.54, 1.807) is 16.8 Å². The summed E-state index contributed by atoms with van der Waals surface area (Å²) in [5.74, 6) is -0.246. The van der Waals surface area contributed by atoms with Crippen LogP contribution in [0.2, 0.25) is 0 Å². The van der Waals surface area contributed by atoms with Crippen molar-refractivity contribution >= 4 is 17.1 Å². The summed E-state index contributed by atoms with van der Waals surface area (Å²) >= 11 is 0. The molecule has 0 spiro atoms. The first-order chi connectivity index (χ1) is 15.9. The molecule has 4 heterocycles. The predicted molar refractivity (Wildman–Crippen MR) is 124 cm³/mol. The maximum atomic E-state index is 12.9. The number of fused-ring (bicyclic) bond motifs is 1. The highest BCUT2D eigenvalue weighted by Gasteiger charge is 2.29. The number of nitrogens with one attached hydrogen (secondary N) is 2. The molecule has 0 unspecified atom stereocenters. The van der Waals surface area contributed by atoms with Gasteiger partial charge in [-0.15, -0.1) is 0 Å². The van der Waals surface area contributed by atoms with Gasteiger partial charge in [0.1, 0.15) is 6.07 Å². The van der Waals surface area contributed by atoms with E-state index >= 15 is 0 Å². The fourth-order valence-corrected chi connectivity index (χ4v) is 3.97. The van der Waals surface area contributed by atoms with E-state index in [0.717, 1.165) is 11.2 Å². The quantitative estimate of drug-likeness (QED) is 0.508. The SMILES string of the molecule is CC(C)Nc1cc(-c2ccc3cc(C#N)cnn23)ncc1C(=O)NCCC1(O)CCOCC1. The van der Waals surface area contributed by atoms with Gasteiger partial charge in [-0.05, 0) is 57.4 Å². The minimum atomic E-state index is -0.791. The molecule has 1 fully saturated rings. The van der Waals surface area contributed by atoms with Gasteiger partial charge < -0.3 is 20.5 Å². The highest BCUT2D eigenvalue weighted by atomic mass is 16.5. The maximum Gasteiger partial charge on any atom is 0.254 e. The Morgan fingerprint density at radius 1 is 1.30 bits per heavy atom. The van der Waals surface area contributed by atoms with Gasteiger partial charge in [0.05, 0.1) is 45.5 Å². The highest BCUT2D eigenvalue weighted by Crippen LogP contribution is 2.27. The molecule has 0 aliphatic carbocycles. The summed E-state index contributed by atoms with van der Waals surface area (Å²) in [5.41, 5.74) is 3.00. The molecule has 33 heavy (non-hydrogen) atoms. The molecule has 3 aromatic heterocycles. The number of hydrogen-bond acceptors (Lipinski definition) is 7. The van der Waals surface area contributed by atoms with Crippen molar-refractivity contribution in [3.63, 3.8) is 0 Å². The first kappa shape index (κ1) is 22.7. The monoisotopic (exact) mass is 448 g/mol. The lowest BCUT2D eigenvalue weighted by atomic mass is 9.91. The number of carbonyl (C=O) groups excluding carboxylic acids is 1. The van der Waals surface area contributed by atoms with Crippen LogP contribution in [0.25, 0.3) is 16.9 Å². The van der Waals surface area contributed by atoms with Gasteiger partial charge in [-0.2, -0.15) is 10.4 Å². The second kappa shape index (κ2) is 9.57. The van der Waals surface area contributed by atoms with Crippen molar-refractivity contribution in [3.8, 4) is 17.5 Å². The number of aromatic nitrogens is 3. The summed E-state index contributed by atoms with van der Waals surface area (Å²) in [7, 11) is 0. The number of pyridine rings is 1. The molecule has 9 heteroatoms. The number of rotatable bonds is 7. The first-order valence-corrected chi connectivity index (χ1v) is 11.1. The second-order valence-corrected chi connectivity index (χ2v) is 8.67. The van der Waals surface area contributed by atoms with E-state index in [0.29, 0.717) is 61.5 Å². The summed E-state index contributed by atoms with van der Waals surface area (Å²) in [4.78, 5) is 17.5. The summed E-state index contributed by atoms with van der Waals surface area (Å²) in [6, 6.07) is 9.56. The zero-order valence-electron chi connectivity index (χ0n) is 18.8. The number of amides is 1.